The summed E-state index contributed by atoms with van der Waals surface area (Å²) in [7, 11) is 0. The van der Waals surface area contributed by atoms with Crippen LogP contribution in [0.4, 0.5) is 0 Å². The minimum absolute atomic E-state index is 0.147. The fraction of sp³-hybridized carbons (Fsp3) is 0.154. The Labute approximate surface area is 190 Å². The molecular weight excluding hydrogens is 418 g/mol. The zero-order chi connectivity index (χ0) is 22.1. The number of fused-ring (bicyclic) bond motifs is 1. The second-order valence-electron chi connectivity index (χ2n) is 7.71. The molecule has 3 aromatic carbocycles. The summed E-state index contributed by atoms with van der Waals surface area (Å²) in [6.45, 7) is 4.48. The van der Waals surface area contributed by atoms with E-state index in [1.807, 2.05) is 36.6 Å². The number of phenolic OH excluding ortho intramolecular Hbond substituents is 1. The monoisotopic (exact) mass is 441 g/mol. The number of rotatable bonds is 6. The molecule has 6 heteroatoms. The number of aromatic amines is 1. The summed E-state index contributed by atoms with van der Waals surface area (Å²) in [5.41, 5.74) is 5.43. The van der Waals surface area contributed by atoms with Crippen molar-refractivity contribution in [3.8, 4) is 33.3 Å². The van der Waals surface area contributed by atoms with Crippen molar-refractivity contribution in [3.63, 3.8) is 0 Å². The van der Waals surface area contributed by atoms with E-state index in [2.05, 4.69) is 46.4 Å². The standard InChI is InChI=1S/C26H23N3O2S/c1-3-17-11-21(25-22(13-27-29-25)26-28-16(2)15-32-26)23(30)12-24(17)31-14-19-9-6-8-18-7-4-5-10-20(18)19/h4-13,15,30H,3,14H2,1-2H3,(H,27,29). The van der Waals surface area contributed by atoms with Crippen LogP contribution in [0.25, 0.3) is 32.6 Å². The molecule has 0 radical (unpaired) electrons. The van der Waals surface area contributed by atoms with Crippen LogP contribution in [-0.4, -0.2) is 20.3 Å². The molecule has 2 aromatic heterocycles. The van der Waals surface area contributed by atoms with Gasteiger partial charge in [-0.15, -0.1) is 11.3 Å². The molecule has 0 saturated carbocycles. The molecule has 5 aromatic rings. The Hall–Kier alpha value is -3.64. The first-order valence-corrected chi connectivity index (χ1v) is 11.4. The smallest absolute Gasteiger partial charge is 0.128 e. The molecule has 0 saturated heterocycles. The Morgan fingerprint density at radius 1 is 1.03 bits per heavy atom. The van der Waals surface area contributed by atoms with Crippen LogP contribution in [0.1, 0.15) is 23.7 Å². The number of thiazole rings is 1. The van der Waals surface area contributed by atoms with Crippen LogP contribution in [0, 0.1) is 6.92 Å². The Balaban J connectivity index is 1.48. The van der Waals surface area contributed by atoms with Crippen molar-refractivity contribution in [2.45, 2.75) is 26.9 Å². The third-order valence-electron chi connectivity index (χ3n) is 5.58. The number of hydrogen-bond donors (Lipinski definition) is 2. The molecule has 5 rings (SSSR count). The highest BCUT2D eigenvalue weighted by atomic mass is 32.1. The van der Waals surface area contributed by atoms with Gasteiger partial charge in [0, 0.05) is 22.7 Å². The summed E-state index contributed by atoms with van der Waals surface area (Å²) in [5, 5.41) is 23.4. The van der Waals surface area contributed by atoms with Crippen LogP contribution in [0.3, 0.4) is 0 Å². The minimum atomic E-state index is 0.147. The van der Waals surface area contributed by atoms with Crippen LogP contribution in [0.5, 0.6) is 11.5 Å². The van der Waals surface area contributed by atoms with E-state index in [4.69, 9.17) is 4.74 Å². The Bertz CT molecular complexity index is 1400. The van der Waals surface area contributed by atoms with E-state index in [1.165, 1.54) is 10.8 Å². The molecule has 0 aliphatic rings. The van der Waals surface area contributed by atoms with Crippen LogP contribution in [0.15, 0.2) is 66.2 Å². The molecule has 2 N–H and O–H groups in total. The van der Waals surface area contributed by atoms with Crippen molar-refractivity contribution in [1.82, 2.24) is 15.2 Å². The van der Waals surface area contributed by atoms with Gasteiger partial charge in [-0.2, -0.15) is 5.10 Å². The SMILES string of the molecule is CCc1cc(-c2[nH]ncc2-c2nc(C)cs2)c(O)cc1OCc1cccc2ccccc12. The lowest BCUT2D eigenvalue weighted by molar-refractivity contribution is 0.303. The van der Waals surface area contributed by atoms with Gasteiger partial charge in [-0.3, -0.25) is 5.10 Å². The van der Waals surface area contributed by atoms with Crippen molar-refractivity contribution in [2.75, 3.05) is 0 Å². The topological polar surface area (TPSA) is 71.0 Å². The molecule has 32 heavy (non-hydrogen) atoms. The van der Waals surface area contributed by atoms with E-state index in [0.717, 1.165) is 39.5 Å². The summed E-state index contributed by atoms with van der Waals surface area (Å²) in [6, 6.07) is 18.2. The molecule has 0 aliphatic carbocycles. The first-order chi connectivity index (χ1) is 15.6. The van der Waals surface area contributed by atoms with E-state index < -0.39 is 0 Å². The normalized spacial score (nSPS) is 11.2. The quantitative estimate of drug-likeness (QED) is 0.315. The molecule has 5 nitrogen and oxygen atoms in total. The van der Waals surface area contributed by atoms with Crippen molar-refractivity contribution in [1.29, 1.82) is 0 Å². The number of hydrogen-bond acceptors (Lipinski definition) is 5. The molecule has 160 valence electrons. The van der Waals surface area contributed by atoms with E-state index in [1.54, 1.807) is 23.6 Å². The number of aryl methyl sites for hydroxylation is 2. The fourth-order valence-electron chi connectivity index (χ4n) is 3.93. The molecule has 0 bridgehead atoms. The summed E-state index contributed by atoms with van der Waals surface area (Å²) in [6.07, 6.45) is 2.53. The lowest BCUT2D eigenvalue weighted by atomic mass is 10.0. The second kappa shape index (κ2) is 8.48. The summed E-state index contributed by atoms with van der Waals surface area (Å²) in [5.74, 6) is 0.835. The minimum Gasteiger partial charge on any atom is -0.507 e. The Morgan fingerprint density at radius 3 is 2.69 bits per heavy atom. The number of phenols is 1. The van der Waals surface area contributed by atoms with Crippen molar-refractivity contribution >= 4 is 22.1 Å². The highest BCUT2D eigenvalue weighted by Crippen LogP contribution is 2.40. The molecule has 2 heterocycles. The zero-order valence-electron chi connectivity index (χ0n) is 17.9. The van der Waals surface area contributed by atoms with Gasteiger partial charge in [0.2, 0.25) is 0 Å². The highest BCUT2D eigenvalue weighted by molar-refractivity contribution is 7.13. The van der Waals surface area contributed by atoms with E-state index in [0.29, 0.717) is 17.9 Å². The number of H-pyrrole nitrogens is 1. The fourth-order valence-corrected chi connectivity index (χ4v) is 4.74. The molecule has 0 unspecified atom stereocenters. The third kappa shape index (κ3) is 3.74. The Kier molecular flexibility index (Phi) is 5.37. The van der Waals surface area contributed by atoms with Crippen molar-refractivity contribution < 1.29 is 9.84 Å². The van der Waals surface area contributed by atoms with Gasteiger partial charge in [-0.25, -0.2) is 4.98 Å². The summed E-state index contributed by atoms with van der Waals surface area (Å²) in [4.78, 5) is 4.57. The van der Waals surface area contributed by atoms with Crippen LogP contribution in [0.2, 0.25) is 0 Å². The lowest BCUT2D eigenvalue weighted by Gasteiger charge is -2.15. The maximum atomic E-state index is 10.9. The number of nitrogens with one attached hydrogen (secondary N) is 1. The number of nitrogens with zero attached hydrogens (tertiary/aromatic N) is 2. The van der Waals surface area contributed by atoms with Gasteiger partial charge in [-0.05, 0) is 41.3 Å². The third-order valence-corrected chi connectivity index (χ3v) is 6.57. The number of ether oxygens (including phenoxy) is 1. The molecular formula is C26H23N3O2S. The van der Waals surface area contributed by atoms with E-state index in [-0.39, 0.29) is 5.75 Å². The van der Waals surface area contributed by atoms with E-state index in [9.17, 15) is 5.11 Å². The zero-order valence-corrected chi connectivity index (χ0v) is 18.7. The van der Waals surface area contributed by atoms with Crippen LogP contribution in [-0.2, 0) is 13.0 Å². The summed E-state index contributed by atoms with van der Waals surface area (Å²) < 4.78 is 6.20. The van der Waals surface area contributed by atoms with Gasteiger partial charge >= 0.3 is 0 Å². The largest absolute Gasteiger partial charge is 0.507 e. The molecule has 0 atom stereocenters. The Morgan fingerprint density at radius 2 is 1.88 bits per heavy atom. The molecule has 0 amide bonds. The predicted octanol–water partition coefficient (Wildman–Crippen LogP) is 6.51. The van der Waals surface area contributed by atoms with Crippen LogP contribution >= 0.6 is 11.3 Å². The molecule has 0 fully saturated rings. The predicted molar refractivity (Wildman–Crippen MR) is 129 cm³/mol. The van der Waals surface area contributed by atoms with Gasteiger partial charge < -0.3 is 9.84 Å². The number of benzene rings is 3. The van der Waals surface area contributed by atoms with Crippen molar-refractivity contribution in [3.05, 3.63) is 83.0 Å². The molecule has 0 aliphatic heterocycles. The maximum Gasteiger partial charge on any atom is 0.128 e. The van der Waals surface area contributed by atoms with Crippen molar-refractivity contribution in [2.24, 2.45) is 0 Å². The number of aromatic hydroxyl groups is 1. The van der Waals surface area contributed by atoms with Crippen LogP contribution < -0.4 is 4.74 Å². The highest BCUT2D eigenvalue weighted by Gasteiger charge is 2.18. The number of aromatic nitrogens is 3. The van der Waals surface area contributed by atoms with Gasteiger partial charge in [0.25, 0.3) is 0 Å². The van der Waals surface area contributed by atoms with Gasteiger partial charge in [0.1, 0.15) is 23.1 Å². The molecule has 0 spiro atoms. The summed E-state index contributed by atoms with van der Waals surface area (Å²) >= 11 is 1.56. The average molecular weight is 442 g/mol. The first-order valence-electron chi connectivity index (χ1n) is 10.6. The average Bonchev–Trinajstić information content (AvgIpc) is 3.46. The van der Waals surface area contributed by atoms with Gasteiger partial charge in [0.15, 0.2) is 0 Å². The first kappa shape index (κ1) is 20.3. The lowest BCUT2D eigenvalue weighted by Crippen LogP contribution is -2.00. The van der Waals surface area contributed by atoms with Gasteiger partial charge in [-0.1, -0.05) is 49.4 Å². The maximum absolute atomic E-state index is 10.9. The van der Waals surface area contributed by atoms with Gasteiger partial charge in [0.05, 0.1) is 17.5 Å². The van der Waals surface area contributed by atoms with E-state index >= 15 is 0 Å². The second-order valence-corrected chi connectivity index (χ2v) is 8.57.